The summed E-state index contributed by atoms with van der Waals surface area (Å²) in [6.45, 7) is 4.10. The maximum Gasteiger partial charge on any atom is 0.149 e. The van der Waals surface area contributed by atoms with Gasteiger partial charge >= 0.3 is 0 Å². The van der Waals surface area contributed by atoms with E-state index < -0.39 is 0 Å². The number of thiophene rings is 1. The molecule has 0 aliphatic carbocycles. The minimum atomic E-state index is 0.0885. The first kappa shape index (κ1) is 11.2. The van der Waals surface area contributed by atoms with Gasteiger partial charge < -0.3 is 5.32 Å². The zero-order chi connectivity index (χ0) is 11.5. The second kappa shape index (κ2) is 4.72. The molecule has 2 aromatic rings. The molecule has 0 spiro atoms. The number of hydrogen-bond acceptors (Lipinski definition) is 4. The predicted octanol–water partition coefficient (Wildman–Crippen LogP) is 2.46. The van der Waals surface area contributed by atoms with Gasteiger partial charge in [-0.1, -0.05) is 0 Å². The van der Waals surface area contributed by atoms with Gasteiger partial charge in [0.15, 0.2) is 0 Å². The molecule has 1 atom stereocenters. The second-order valence-electron chi connectivity index (χ2n) is 3.83. The molecule has 1 N–H and O–H groups in total. The zero-order valence-electron chi connectivity index (χ0n) is 9.69. The molecule has 0 aliphatic heterocycles. The normalized spacial score (nSPS) is 12.7. The van der Waals surface area contributed by atoms with Gasteiger partial charge in [0, 0.05) is 17.3 Å². The molecule has 0 amide bonds. The molecule has 0 saturated heterocycles. The fourth-order valence-corrected chi connectivity index (χ4v) is 2.34. The number of nitrogens with zero attached hydrogens (tertiary/aromatic N) is 2. The van der Waals surface area contributed by atoms with Crippen molar-refractivity contribution in [1.82, 2.24) is 15.3 Å². The smallest absolute Gasteiger partial charge is 0.149 e. The number of rotatable bonds is 3. The van der Waals surface area contributed by atoms with Gasteiger partial charge in [-0.2, -0.15) is 0 Å². The number of aromatic nitrogens is 2. The third kappa shape index (κ3) is 2.28. The molecule has 3 nitrogen and oxygen atoms in total. The molecule has 4 heteroatoms. The minimum Gasteiger partial charge on any atom is -0.307 e. The fourth-order valence-electron chi connectivity index (χ4n) is 1.61. The Labute approximate surface area is 99.6 Å². The third-order valence-corrected chi connectivity index (χ3v) is 3.31. The van der Waals surface area contributed by atoms with Crippen LogP contribution in [-0.2, 0) is 0 Å². The summed E-state index contributed by atoms with van der Waals surface area (Å²) < 4.78 is 0. The highest BCUT2D eigenvalue weighted by atomic mass is 32.1. The highest BCUT2D eigenvalue weighted by molar-refractivity contribution is 7.10. The van der Waals surface area contributed by atoms with E-state index in [1.807, 2.05) is 26.4 Å². The Bertz CT molecular complexity index is 461. The monoisotopic (exact) mass is 233 g/mol. The van der Waals surface area contributed by atoms with Crippen molar-refractivity contribution in [2.24, 2.45) is 0 Å². The van der Waals surface area contributed by atoms with Gasteiger partial charge in [-0.3, -0.25) is 0 Å². The molecule has 0 saturated carbocycles. The van der Waals surface area contributed by atoms with E-state index in [1.165, 1.54) is 10.4 Å². The summed E-state index contributed by atoms with van der Waals surface area (Å²) in [5.74, 6) is 0.825. The summed E-state index contributed by atoms with van der Waals surface area (Å²) >= 11 is 1.75. The van der Waals surface area contributed by atoms with Crippen LogP contribution in [0.2, 0.25) is 0 Å². The van der Waals surface area contributed by atoms with Crippen molar-refractivity contribution in [3.05, 3.63) is 45.7 Å². The van der Waals surface area contributed by atoms with Crippen LogP contribution in [0.4, 0.5) is 0 Å². The first-order chi connectivity index (χ1) is 7.70. The lowest BCUT2D eigenvalue weighted by molar-refractivity contribution is 0.647. The lowest BCUT2D eigenvalue weighted by atomic mass is 10.1. The SMILES string of the molecule is CNC(c1csc(C)c1)c1ncc(C)cn1. The first-order valence-electron chi connectivity index (χ1n) is 5.21. The van der Waals surface area contributed by atoms with Crippen LogP contribution in [0.5, 0.6) is 0 Å². The molecule has 0 aliphatic rings. The summed E-state index contributed by atoms with van der Waals surface area (Å²) in [5.41, 5.74) is 2.31. The highest BCUT2D eigenvalue weighted by Gasteiger charge is 2.15. The Balaban J connectivity index is 2.32. The standard InChI is InChI=1S/C12H15N3S/c1-8-5-14-12(15-6-8)11(13-3)10-4-9(2)16-7-10/h4-7,11,13H,1-3H3. The third-order valence-electron chi connectivity index (χ3n) is 2.43. The van der Waals surface area contributed by atoms with Gasteiger partial charge in [0.25, 0.3) is 0 Å². The van der Waals surface area contributed by atoms with Crippen molar-refractivity contribution >= 4 is 11.3 Å². The van der Waals surface area contributed by atoms with E-state index in [-0.39, 0.29) is 6.04 Å². The van der Waals surface area contributed by atoms with Crippen molar-refractivity contribution in [3.63, 3.8) is 0 Å². The van der Waals surface area contributed by atoms with Crippen LogP contribution in [0.25, 0.3) is 0 Å². The second-order valence-corrected chi connectivity index (χ2v) is 4.95. The van der Waals surface area contributed by atoms with E-state index >= 15 is 0 Å². The average Bonchev–Trinajstić information content (AvgIpc) is 2.69. The Hall–Kier alpha value is -1.26. The number of aryl methyl sites for hydroxylation is 2. The van der Waals surface area contributed by atoms with Crippen molar-refractivity contribution < 1.29 is 0 Å². The van der Waals surface area contributed by atoms with Gasteiger partial charge in [0.1, 0.15) is 5.82 Å². The molecule has 1 unspecified atom stereocenters. The molecule has 84 valence electrons. The van der Waals surface area contributed by atoms with E-state index in [1.54, 1.807) is 11.3 Å². The lowest BCUT2D eigenvalue weighted by Crippen LogP contribution is -2.19. The average molecular weight is 233 g/mol. The summed E-state index contributed by atoms with van der Waals surface area (Å²) in [5, 5.41) is 5.40. The molecular formula is C12H15N3S. The maximum atomic E-state index is 4.37. The van der Waals surface area contributed by atoms with Crippen molar-refractivity contribution in [2.45, 2.75) is 19.9 Å². The van der Waals surface area contributed by atoms with E-state index in [0.717, 1.165) is 11.4 Å². The van der Waals surface area contributed by atoms with Crippen molar-refractivity contribution in [3.8, 4) is 0 Å². The Morgan fingerprint density at radius 1 is 1.25 bits per heavy atom. The van der Waals surface area contributed by atoms with E-state index in [4.69, 9.17) is 0 Å². The van der Waals surface area contributed by atoms with Crippen LogP contribution in [0.15, 0.2) is 23.8 Å². The van der Waals surface area contributed by atoms with Crippen LogP contribution in [-0.4, -0.2) is 17.0 Å². The largest absolute Gasteiger partial charge is 0.307 e. The molecule has 0 radical (unpaired) electrons. The number of nitrogens with one attached hydrogen (secondary N) is 1. The van der Waals surface area contributed by atoms with Crippen molar-refractivity contribution in [1.29, 1.82) is 0 Å². The number of hydrogen-bond donors (Lipinski definition) is 1. The first-order valence-corrected chi connectivity index (χ1v) is 6.09. The van der Waals surface area contributed by atoms with Gasteiger partial charge in [-0.15, -0.1) is 11.3 Å². The zero-order valence-corrected chi connectivity index (χ0v) is 10.5. The van der Waals surface area contributed by atoms with E-state index in [2.05, 4.69) is 33.7 Å². The molecular weight excluding hydrogens is 218 g/mol. The summed E-state index contributed by atoms with van der Waals surface area (Å²) in [6, 6.07) is 2.26. The highest BCUT2D eigenvalue weighted by Crippen LogP contribution is 2.23. The van der Waals surface area contributed by atoms with Crippen LogP contribution in [0.3, 0.4) is 0 Å². The van der Waals surface area contributed by atoms with Crippen LogP contribution in [0.1, 0.15) is 27.9 Å². The fraction of sp³-hybridized carbons (Fsp3) is 0.333. The van der Waals surface area contributed by atoms with Gasteiger partial charge in [0.05, 0.1) is 6.04 Å². The predicted molar refractivity (Wildman–Crippen MR) is 66.7 cm³/mol. The molecule has 0 fully saturated rings. The van der Waals surface area contributed by atoms with Gasteiger partial charge in [-0.25, -0.2) is 9.97 Å². The van der Waals surface area contributed by atoms with Gasteiger partial charge in [0.2, 0.25) is 0 Å². The molecule has 0 bridgehead atoms. The molecule has 16 heavy (non-hydrogen) atoms. The lowest BCUT2D eigenvalue weighted by Gasteiger charge is -2.13. The van der Waals surface area contributed by atoms with Crippen molar-refractivity contribution in [2.75, 3.05) is 7.05 Å². The molecule has 2 heterocycles. The maximum absolute atomic E-state index is 4.37. The van der Waals surface area contributed by atoms with Crippen LogP contribution in [0, 0.1) is 13.8 Å². The minimum absolute atomic E-state index is 0.0885. The van der Waals surface area contributed by atoms with E-state index in [9.17, 15) is 0 Å². The molecule has 2 rings (SSSR count). The molecule has 2 aromatic heterocycles. The van der Waals surface area contributed by atoms with E-state index in [0.29, 0.717) is 0 Å². The van der Waals surface area contributed by atoms with Crippen LogP contribution >= 0.6 is 11.3 Å². The summed E-state index contributed by atoms with van der Waals surface area (Å²) in [4.78, 5) is 10.0. The topological polar surface area (TPSA) is 37.8 Å². The molecule has 0 aromatic carbocycles. The Morgan fingerprint density at radius 3 is 2.44 bits per heavy atom. The Kier molecular flexibility index (Phi) is 3.31. The Morgan fingerprint density at radius 2 is 1.94 bits per heavy atom. The summed E-state index contributed by atoms with van der Waals surface area (Å²) in [6.07, 6.45) is 3.71. The van der Waals surface area contributed by atoms with Crippen LogP contribution < -0.4 is 5.32 Å². The summed E-state index contributed by atoms with van der Waals surface area (Å²) in [7, 11) is 1.93. The van der Waals surface area contributed by atoms with Gasteiger partial charge in [-0.05, 0) is 43.5 Å². The quantitative estimate of drug-likeness (QED) is 0.885.